The molecule has 0 aliphatic heterocycles. The van der Waals surface area contributed by atoms with E-state index in [1.807, 2.05) is 0 Å². The molecule has 0 aromatic carbocycles. The maximum atomic E-state index is 14.4. The van der Waals surface area contributed by atoms with Crippen LogP contribution in [0.1, 0.15) is 169 Å². The molecule has 2 nitrogen and oxygen atoms in total. The molecule has 0 aromatic rings. The Morgan fingerprint density at radius 1 is 0.618 bits per heavy atom. The van der Waals surface area contributed by atoms with E-state index in [9.17, 15) is 13.6 Å². The molecule has 0 rings (SSSR count). The van der Waals surface area contributed by atoms with E-state index in [-0.39, 0.29) is 12.5 Å². The summed E-state index contributed by atoms with van der Waals surface area (Å²) in [5.74, 6) is -3.92. The minimum absolute atomic E-state index is 0.352. The first-order valence-electron chi connectivity index (χ1n) is 15.0. The van der Waals surface area contributed by atoms with E-state index in [1.54, 1.807) is 0 Å². The number of hydrogen-bond acceptors (Lipinski definition) is 2. The van der Waals surface area contributed by atoms with Crippen LogP contribution in [-0.2, 0) is 9.53 Å². The highest BCUT2D eigenvalue weighted by Gasteiger charge is 2.40. The molecule has 0 radical (unpaired) electrons. The lowest BCUT2D eigenvalue weighted by molar-refractivity contribution is -0.179. The molecule has 0 aliphatic carbocycles. The minimum Gasteiger partial charge on any atom is -0.458 e. The zero-order valence-corrected chi connectivity index (χ0v) is 23.3. The Balaban J connectivity index is 3.99. The van der Waals surface area contributed by atoms with Gasteiger partial charge in [0.2, 0.25) is 0 Å². The van der Waals surface area contributed by atoms with E-state index >= 15 is 0 Å². The summed E-state index contributed by atoms with van der Waals surface area (Å²) in [6, 6.07) is 0. The van der Waals surface area contributed by atoms with Crippen molar-refractivity contribution in [2.75, 3.05) is 0 Å². The third kappa shape index (κ3) is 19.6. The predicted octanol–water partition coefficient (Wildman–Crippen LogP) is 10.8. The monoisotopic (exact) mass is 488 g/mol. The van der Waals surface area contributed by atoms with Gasteiger partial charge in [0.05, 0.1) is 0 Å². The molecule has 0 fully saturated rings. The molecular formula is C30H58F2O2. The van der Waals surface area contributed by atoms with Gasteiger partial charge in [-0.3, -0.25) is 0 Å². The number of ether oxygens (including phenoxy) is 1. The van der Waals surface area contributed by atoms with Crippen molar-refractivity contribution in [3.63, 3.8) is 0 Å². The average molecular weight is 489 g/mol. The number of hydrogen-bond donors (Lipinski definition) is 0. The maximum Gasteiger partial charge on any atom is 0.377 e. The van der Waals surface area contributed by atoms with Crippen LogP contribution in [0.3, 0.4) is 0 Å². The van der Waals surface area contributed by atoms with Gasteiger partial charge in [0.25, 0.3) is 0 Å². The summed E-state index contributed by atoms with van der Waals surface area (Å²) in [7, 11) is 0. The van der Waals surface area contributed by atoms with Crippen LogP contribution in [0.25, 0.3) is 0 Å². The molecule has 0 aromatic heterocycles. The fourth-order valence-electron chi connectivity index (χ4n) is 4.63. The largest absolute Gasteiger partial charge is 0.458 e. The Bertz CT molecular complexity index is 443. The van der Waals surface area contributed by atoms with Gasteiger partial charge in [-0.05, 0) is 38.0 Å². The van der Waals surface area contributed by atoms with Crippen LogP contribution in [0.4, 0.5) is 8.78 Å². The van der Waals surface area contributed by atoms with Crippen LogP contribution >= 0.6 is 0 Å². The van der Waals surface area contributed by atoms with Crippen molar-refractivity contribution in [1.82, 2.24) is 0 Å². The zero-order valence-electron chi connectivity index (χ0n) is 23.3. The summed E-state index contributed by atoms with van der Waals surface area (Å²) in [6.07, 6.45) is 21.9. The third-order valence-corrected chi connectivity index (χ3v) is 7.07. The summed E-state index contributed by atoms with van der Waals surface area (Å²) in [5, 5.41) is 0. The van der Waals surface area contributed by atoms with Crippen molar-refractivity contribution in [2.24, 2.45) is 5.92 Å². The highest BCUT2D eigenvalue weighted by molar-refractivity contribution is 5.77. The second-order valence-electron chi connectivity index (χ2n) is 10.7. The van der Waals surface area contributed by atoms with Gasteiger partial charge in [0, 0.05) is 6.42 Å². The van der Waals surface area contributed by atoms with E-state index in [1.165, 1.54) is 57.8 Å². The second kappa shape index (κ2) is 22.8. The van der Waals surface area contributed by atoms with Crippen molar-refractivity contribution in [1.29, 1.82) is 0 Å². The number of halogens is 2. The molecule has 0 amide bonds. The summed E-state index contributed by atoms with van der Waals surface area (Å²) in [6.45, 7) is 8.80. The van der Waals surface area contributed by atoms with Crippen molar-refractivity contribution < 1.29 is 18.3 Å². The van der Waals surface area contributed by atoms with Crippen molar-refractivity contribution in [3.8, 4) is 0 Å². The Morgan fingerprint density at radius 2 is 1.00 bits per heavy atom. The molecule has 0 unspecified atom stereocenters. The Kier molecular flexibility index (Phi) is 22.3. The van der Waals surface area contributed by atoms with Crippen LogP contribution < -0.4 is 0 Å². The SMILES string of the molecule is CCCCCCCCC[C@@H](C)CCCCCCC(F)(F)C(=O)OC(CCCCC)CCCCC. The number of rotatable bonds is 25. The minimum atomic E-state index is -3.35. The lowest BCUT2D eigenvalue weighted by Gasteiger charge is -2.22. The Morgan fingerprint density at radius 3 is 1.50 bits per heavy atom. The van der Waals surface area contributed by atoms with E-state index in [4.69, 9.17) is 4.74 Å². The molecule has 204 valence electrons. The standard InChI is InChI=1S/C30H58F2O2/c1-5-8-11-12-13-14-19-22-27(4)23-20-15-16-21-26-30(31,32)29(33)34-28(24-17-9-6-2)25-18-10-7-3/h27-28H,5-26H2,1-4H3/t27-/m1/s1. The number of carbonyl (C=O) groups excluding carboxylic acids is 1. The van der Waals surface area contributed by atoms with Crippen molar-refractivity contribution in [3.05, 3.63) is 0 Å². The van der Waals surface area contributed by atoms with Gasteiger partial charge in [-0.2, -0.15) is 8.78 Å². The molecule has 0 aliphatic rings. The first kappa shape index (κ1) is 33.3. The summed E-state index contributed by atoms with van der Waals surface area (Å²) < 4.78 is 34.1. The summed E-state index contributed by atoms with van der Waals surface area (Å²) >= 11 is 0. The predicted molar refractivity (Wildman–Crippen MR) is 143 cm³/mol. The quantitative estimate of drug-likeness (QED) is 0.0943. The second-order valence-corrected chi connectivity index (χ2v) is 10.7. The van der Waals surface area contributed by atoms with Gasteiger partial charge >= 0.3 is 11.9 Å². The number of esters is 1. The van der Waals surface area contributed by atoms with Gasteiger partial charge < -0.3 is 4.74 Å². The summed E-state index contributed by atoms with van der Waals surface area (Å²) in [4.78, 5) is 12.2. The van der Waals surface area contributed by atoms with Crippen LogP contribution in [0.2, 0.25) is 0 Å². The number of unbranched alkanes of at least 4 members (excludes halogenated alkanes) is 13. The molecule has 4 heteroatoms. The van der Waals surface area contributed by atoms with Crippen molar-refractivity contribution in [2.45, 2.75) is 181 Å². The highest BCUT2D eigenvalue weighted by atomic mass is 19.3. The Labute approximate surface area is 211 Å². The number of carbonyl (C=O) groups is 1. The van der Waals surface area contributed by atoms with Crippen LogP contribution in [0.15, 0.2) is 0 Å². The zero-order chi connectivity index (χ0) is 25.5. The van der Waals surface area contributed by atoms with E-state index in [0.717, 1.165) is 63.7 Å². The normalized spacial score (nSPS) is 12.9. The molecule has 34 heavy (non-hydrogen) atoms. The molecular weight excluding hydrogens is 430 g/mol. The van der Waals surface area contributed by atoms with E-state index in [2.05, 4.69) is 27.7 Å². The third-order valence-electron chi connectivity index (χ3n) is 7.07. The molecule has 0 saturated heterocycles. The summed E-state index contributed by atoms with van der Waals surface area (Å²) in [5.41, 5.74) is 0. The van der Waals surface area contributed by atoms with Crippen LogP contribution in [0.5, 0.6) is 0 Å². The van der Waals surface area contributed by atoms with E-state index < -0.39 is 11.9 Å². The first-order valence-corrected chi connectivity index (χ1v) is 15.0. The van der Waals surface area contributed by atoms with E-state index in [0.29, 0.717) is 19.3 Å². The van der Waals surface area contributed by atoms with Gasteiger partial charge in [-0.15, -0.1) is 0 Å². The van der Waals surface area contributed by atoms with Gasteiger partial charge in [-0.1, -0.05) is 130 Å². The fourth-order valence-corrected chi connectivity index (χ4v) is 4.63. The lowest BCUT2D eigenvalue weighted by atomic mass is 9.95. The van der Waals surface area contributed by atoms with Gasteiger partial charge in [0.1, 0.15) is 6.10 Å². The molecule has 1 atom stereocenters. The van der Waals surface area contributed by atoms with Gasteiger partial charge in [0.15, 0.2) is 0 Å². The fraction of sp³-hybridized carbons (Fsp3) is 0.967. The average Bonchev–Trinajstić information content (AvgIpc) is 2.80. The molecule has 0 bridgehead atoms. The molecule has 0 spiro atoms. The Hall–Kier alpha value is -0.670. The highest BCUT2D eigenvalue weighted by Crippen LogP contribution is 2.27. The van der Waals surface area contributed by atoms with Gasteiger partial charge in [-0.25, -0.2) is 4.79 Å². The van der Waals surface area contributed by atoms with Crippen LogP contribution in [-0.4, -0.2) is 18.0 Å². The smallest absolute Gasteiger partial charge is 0.377 e. The lowest BCUT2D eigenvalue weighted by Crippen LogP contribution is -2.34. The topological polar surface area (TPSA) is 26.3 Å². The molecule has 0 heterocycles. The first-order chi connectivity index (χ1) is 16.4. The molecule has 0 N–H and O–H groups in total. The van der Waals surface area contributed by atoms with Crippen LogP contribution in [0, 0.1) is 5.92 Å². The maximum absolute atomic E-state index is 14.4. The van der Waals surface area contributed by atoms with Crippen molar-refractivity contribution >= 4 is 5.97 Å². The number of alkyl halides is 2. The molecule has 0 saturated carbocycles.